The number of pyridine rings is 2. The molecule has 0 fully saturated rings. The maximum absolute atomic E-state index is 13.3. The number of amides is 1. The average molecular weight is 508 g/mol. The molecule has 0 saturated carbocycles. The van der Waals surface area contributed by atoms with Crippen LogP contribution in [0.3, 0.4) is 0 Å². The number of nitrogens with one attached hydrogen (secondary N) is 1. The quantitative estimate of drug-likeness (QED) is 0.344. The maximum Gasteiger partial charge on any atom is 0.259 e. The zero-order valence-electron chi connectivity index (χ0n) is 18.6. The molecule has 0 atom stereocenters. The number of hydrogen-bond acceptors (Lipinski definition) is 10. The minimum Gasteiger partial charge on any atom is -0.494 e. The Morgan fingerprint density at radius 2 is 2.06 bits per heavy atom. The Morgan fingerprint density at radius 3 is 2.86 bits per heavy atom. The van der Waals surface area contributed by atoms with Gasteiger partial charge in [-0.1, -0.05) is 22.9 Å². The van der Waals surface area contributed by atoms with Gasteiger partial charge in [-0.2, -0.15) is 5.11 Å². The van der Waals surface area contributed by atoms with Crippen molar-refractivity contribution in [2.24, 2.45) is 15.2 Å². The predicted molar refractivity (Wildman–Crippen MR) is 134 cm³/mol. The van der Waals surface area contributed by atoms with Crippen LogP contribution < -0.4 is 14.8 Å². The number of carbonyl (C=O) groups is 1. The number of methoxy groups -OCH3 is 1. The van der Waals surface area contributed by atoms with Crippen LogP contribution in [0.15, 0.2) is 57.9 Å². The molecule has 0 unspecified atom stereocenters. The molecule has 3 aromatic heterocycles. The number of aryl methyl sites for hydroxylation is 1. The molecule has 12 heteroatoms. The van der Waals surface area contributed by atoms with E-state index in [-0.39, 0.29) is 17.7 Å². The van der Waals surface area contributed by atoms with Gasteiger partial charge in [-0.3, -0.25) is 15.1 Å². The van der Waals surface area contributed by atoms with Crippen LogP contribution in [0.5, 0.6) is 11.5 Å². The van der Waals surface area contributed by atoms with Crippen molar-refractivity contribution in [3.8, 4) is 22.6 Å². The van der Waals surface area contributed by atoms with Gasteiger partial charge >= 0.3 is 0 Å². The molecule has 5 rings (SSSR count). The molecule has 10 nitrogen and oxygen atoms in total. The summed E-state index contributed by atoms with van der Waals surface area (Å²) >= 11 is 7.48. The summed E-state index contributed by atoms with van der Waals surface area (Å²) in [5.41, 5.74) is 3.05. The van der Waals surface area contributed by atoms with Crippen molar-refractivity contribution in [2.45, 2.75) is 6.92 Å². The number of benzene rings is 1. The SMILES string of the molecule is COc1cnc(Cl)cc1-c1cc(C)ncc1C(=O)Nc1nc2cc(OCC3=NCN=N3)ccc2s1. The highest BCUT2D eigenvalue weighted by molar-refractivity contribution is 7.22. The zero-order chi connectivity index (χ0) is 24.4. The standard InChI is InChI=1S/C23H18ClN7O3S/c1-12-5-14(15-7-20(24)26-9-18(15)33-2)16(8-25-12)22(32)30-23-29-17-6-13(3-4-19(17)35-23)34-10-21-27-11-28-31-21/h3-9H,10-11H2,1-2H3,(H,29,30,32). The molecular weight excluding hydrogens is 490 g/mol. The number of ether oxygens (including phenoxy) is 2. The molecule has 35 heavy (non-hydrogen) atoms. The van der Waals surface area contributed by atoms with Gasteiger partial charge in [0.05, 0.1) is 29.1 Å². The summed E-state index contributed by atoms with van der Waals surface area (Å²) in [6, 6.07) is 8.98. The molecule has 0 spiro atoms. The second-order valence-corrected chi connectivity index (χ2v) is 8.85. The van der Waals surface area contributed by atoms with E-state index in [1.165, 1.54) is 30.8 Å². The molecule has 1 aromatic carbocycles. The van der Waals surface area contributed by atoms with Gasteiger partial charge in [0, 0.05) is 29.1 Å². The van der Waals surface area contributed by atoms with Gasteiger partial charge in [-0.15, -0.1) is 5.11 Å². The van der Waals surface area contributed by atoms with Gasteiger partial charge in [-0.05, 0) is 31.2 Å². The summed E-state index contributed by atoms with van der Waals surface area (Å²) in [4.78, 5) is 30.3. The molecule has 0 radical (unpaired) electrons. The van der Waals surface area contributed by atoms with Crippen LogP contribution in [-0.2, 0) is 0 Å². The van der Waals surface area contributed by atoms with Crippen molar-refractivity contribution < 1.29 is 14.3 Å². The zero-order valence-corrected chi connectivity index (χ0v) is 20.2. The van der Waals surface area contributed by atoms with Gasteiger partial charge in [0.15, 0.2) is 17.6 Å². The van der Waals surface area contributed by atoms with Gasteiger partial charge < -0.3 is 9.47 Å². The van der Waals surface area contributed by atoms with Crippen LogP contribution in [0.1, 0.15) is 16.1 Å². The summed E-state index contributed by atoms with van der Waals surface area (Å²) in [6.07, 6.45) is 3.04. The molecule has 1 N–H and O–H groups in total. The van der Waals surface area contributed by atoms with Gasteiger partial charge in [0.25, 0.3) is 5.91 Å². The number of aromatic nitrogens is 3. The smallest absolute Gasteiger partial charge is 0.259 e. The van der Waals surface area contributed by atoms with Gasteiger partial charge in [-0.25, -0.2) is 15.0 Å². The maximum atomic E-state index is 13.3. The fourth-order valence-corrected chi connectivity index (χ4v) is 4.45. The largest absolute Gasteiger partial charge is 0.494 e. The van der Waals surface area contributed by atoms with E-state index in [9.17, 15) is 4.79 Å². The Morgan fingerprint density at radius 1 is 1.17 bits per heavy atom. The van der Waals surface area contributed by atoms with E-state index in [4.69, 9.17) is 21.1 Å². The number of rotatable bonds is 7. The van der Waals surface area contributed by atoms with Crippen LogP contribution in [0.2, 0.25) is 5.15 Å². The lowest BCUT2D eigenvalue weighted by molar-refractivity contribution is 0.102. The lowest BCUT2D eigenvalue weighted by Crippen LogP contribution is -2.14. The first kappa shape index (κ1) is 22.8. The summed E-state index contributed by atoms with van der Waals surface area (Å²) in [5, 5.41) is 11.3. The van der Waals surface area contributed by atoms with Crippen molar-refractivity contribution in [3.05, 3.63) is 59.1 Å². The number of hydrogen-bond donors (Lipinski definition) is 1. The molecule has 4 heterocycles. The molecule has 1 aliphatic rings. The third-order valence-electron chi connectivity index (χ3n) is 5.08. The highest BCUT2D eigenvalue weighted by Crippen LogP contribution is 2.35. The summed E-state index contributed by atoms with van der Waals surface area (Å²) in [7, 11) is 1.53. The van der Waals surface area contributed by atoms with Crippen molar-refractivity contribution in [1.29, 1.82) is 0 Å². The second-order valence-electron chi connectivity index (χ2n) is 7.43. The first-order valence-electron chi connectivity index (χ1n) is 10.4. The molecule has 0 saturated heterocycles. The number of aliphatic imine (C=N–C) groups is 1. The monoisotopic (exact) mass is 507 g/mol. The molecule has 1 aliphatic heterocycles. The fraction of sp³-hybridized carbons (Fsp3) is 0.174. The van der Waals surface area contributed by atoms with E-state index in [0.717, 1.165) is 10.4 Å². The van der Waals surface area contributed by atoms with E-state index in [0.29, 0.717) is 51.3 Å². The number of anilines is 1. The fourth-order valence-electron chi connectivity index (χ4n) is 3.45. The molecular formula is C23H18ClN7O3S. The van der Waals surface area contributed by atoms with E-state index < -0.39 is 0 Å². The topological polar surface area (TPSA) is 123 Å². The highest BCUT2D eigenvalue weighted by Gasteiger charge is 2.19. The first-order chi connectivity index (χ1) is 17.0. The molecule has 176 valence electrons. The number of halogens is 1. The Hall–Kier alpha value is -3.96. The Bertz CT molecular complexity index is 1500. The Kier molecular flexibility index (Phi) is 6.34. The van der Waals surface area contributed by atoms with Crippen LogP contribution in [-0.4, -0.2) is 47.1 Å². The predicted octanol–water partition coefficient (Wildman–Crippen LogP) is 5.18. The molecule has 1 amide bonds. The number of carbonyl (C=O) groups excluding carboxylic acids is 1. The number of fused-ring (bicyclic) bond motifs is 1. The Labute approximate surface area is 208 Å². The van der Waals surface area contributed by atoms with E-state index in [1.54, 1.807) is 18.2 Å². The number of azo groups is 1. The lowest BCUT2D eigenvalue weighted by atomic mass is 10.0. The number of nitrogens with zero attached hydrogens (tertiary/aromatic N) is 6. The van der Waals surface area contributed by atoms with E-state index >= 15 is 0 Å². The van der Waals surface area contributed by atoms with Crippen molar-refractivity contribution in [3.63, 3.8) is 0 Å². The summed E-state index contributed by atoms with van der Waals surface area (Å²) in [6.45, 7) is 2.41. The molecule has 4 aromatic rings. The normalized spacial score (nSPS) is 12.6. The van der Waals surface area contributed by atoms with Gasteiger partial charge in [0.2, 0.25) is 0 Å². The highest BCUT2D eigenvalue weighted by atomic mass is 35.5. The van der Waals surface area contributed by atoms with Crippen LogP contribution >= 0.6 is 22.9 Å². The molecule has 0 bridgehead atoms. The minimum atomic E-state index is -0.359. The summed E-state index contributed by atoms with van der Waals surface area (Å²) in [5.74, 6) is 1.30. The van der Waals surface area contributed by atoms with Crippen molar-refractivity contribution >= 4 is 50.0 Å². The number of thiazole rings is 1. The third-order valence-corrected chi connectivity index (χ3v) is 6.24. The third kappa shape index (κ3) is 4.96. The number of amidine groups is 1. The van der Waals surface area contributed by atoms with Crippen molar-refractivity contribution in [1.82, 2.24) is 15.0 Å². The lowest BCUT2D eigenvalue weighted by Gasteiger charge is -2.13. The van der Waals surface area contributed by atoms with Gasteiger partial charge in [0.1, 0.15) is 23.3 Å². The Balaban J connectivity index is 1.40. The average Bonchev–Trinajstić information content (AvgIpc) is 3.51. The van der Waals surface area contributed by atoms with Crippen LogP contribution in [0.25, 0.3) is 21.3 Å². The first-order valence-corrected chi connectivity index (χ1v) is 11.6. The van der Waals surface area contributed by atoms with Crippen LogP contribution in [0, 0.1) is 6.92 Å². The van der Waals surface area contributed by atoms with Crippen molar-refractivity contribution in [2.75, 3.05) is 25.7 Å². The second kappa shape index (κ2) is 9.72. The van der Waals surface area contributed by atoms with E-state index in [2.05, 4.69) is 35.5 Å². The minimum absolute atomic E-state index is 0.231. The van der Waals surface area contributed by atoms with E-state index in [1.807, 2.05) is 19.1 Å². The summed E-state index contributed by atoms with van der Waals surface area (Å²) < 4.78 is 12.1. The van der Waals surface area contributed by atoms with Crippen LogP contribution in [0.4, 0.5) is 5.13 Å². The molecule has 0 aliphatic carbocycles.